The van der Waals surface area contributed by atoms with Crippen LogP contribution in [0.1, 0.15) is 59.8 Å². The van der Waals surface area contributed by atoms with Crippen LogP contribution in [-0.4, -0.2) is 35.3 Å². The number of nitrogens with zero attached hydrogens (tertiary/aromatic N) is 1. The SMILES string of the molecule is CCC(CC)C(O)CNCCCCC(C)(C)C(N)=NO. The first-order valence-electron chi connectivity index (χ1n) is 7.75. The molecule has 0 aliphatic rings. The zero-order valence-corrected chi connectivity index (χ0v) is 13.5. The summed E-state index contributed by atoms with van der Waals surface area (Å²) in [6.07, 6.45) is 4.72. The molecular weight excluding hydrogens is 254 g/mol. The van der Waals surface area contributed by atoms with Crippen LogP contribution in [0.25, 0.3) is 0 Å². The third kappa shape index (κ3) is 7.10. The summed E-state index contributed by atoms with van der Waals surface area (Å²) in [7, 11) is 0. The zero-order chi connectivity index (χ0) is 15.6. The predicted octanol–water partition coefficient (Wildman–Crippen LogP) is 2.32. The van der Waals surface area contributed by atoms with Gasteiger partial charge in [0.1, 0.15) is 5.84 Å². The molecule has 20 heavy (non-hydrogen) atoms. The van der Waals surface area contributed by atoms with E-state index >= 15 is 0 Å². The third-order valence-corrected chi connectivity index (χ3v) is 4.15. The minimum Gasteiger partial charge on any atom is -0.409 e. The second kappa shape index (κ2) is 10.00. The molecule has 0 radical (unpaired) electrons. The largest absolute Gasteiger partial charge is 0.409 e. The average molecular weight is 287 g/mol. The third-order valence-electron chi connectivity index (χ3n) is 4.15. The first-order chi connectivity index (χ1) is 9.38. The Morgan fingerprint density at radius 1 is 1.25 bits per heavy atom. The lowest BCUT2D eigenvalue weighted by Crippen LogP contribution is -2.33. The van der Waals surface area contributed by atoms with Gasteiger partial charge < -0.3 is 21.4 Å². The van der Waals surface area contributed by atoms with E-state index < -0.39 is 0 Å². The Morgan fingerprint density at radius 2 is 1.85 bits per heavy atom. The summed E-state index contributed by atoms with van der Waals surface area (Å²) in [5, 5.41) is 25.1. The summed E-state index contributed by atoms with van der Waals surface area (Å²) in [5.41, 5.74) is 5.39. The van der Waals surface area contributed by atoms with Crippen LogP contribution in [0.3, 0.4) is 0 Å². The van der Waals surface area contributed by atoms with Crippen molar-refractivity contribution in [2.45, 2.75) is 65.9 Å². The number of oxime groups is 1. The van der Waals surface area contributed by atoms with E-state index in [1.54, 1.807) is 0 Å². The van der Waals surface area contributed by atoms with E-state index in [9.17, 15) is 5.11 Å². The molecular formula is C15H33N3O2. The summed E-state index contributed by atoms with van der Waals surface area (Å²) in [5.74, 6) is 0.677. The molecule has 5 N–H and O–H groups in total. The summed E-state index contributed by atoms with van der Waals surface area (Å²) < 4.78 is 0. The van der Waals surface area contributed by atoms with E-state index in [-0.39, 0.29) is 17.4 Å². The van der Waals surface area contributed by atoms with Crippen molar-refractivity contribution in [3.8, 4) is 0 Å². The molecule has 0 saturated heterocycles. The molecule has 0 aliphatic heterocycles. The molecule has 0 heterocycles. The predicted molar refractivity (Wildman–Crippen MR) is 84.0 cm³/mol. The maximum absolute atomic E-state index is 9.98. The van der Waals surface area contributed by atoms with Gasteiger partial charge >= 0.3 is 0 Å². The van der Waals surface area contributed by atoms with Crippen LogP contribution in [-0.2, 0) is 0 Å². The molecule has 0 aromatic rings. The monoisotopic (exact) mass is 287 g/mol. The Bertz CT molecular complexity index is 276. The van der Waals surface area contributed by atoms with Crippen molar-refractivity contribution in [2.24, 2.45) is 22.2 Å². The quantitative estimate of drug-likeness (QED) is 0.154. The lowest BCUT2D eigenvalue weighted by molar-refractivity contribution is 0.101. The molecule has 0 aromatic heterocycles. The van der Waals surface area contributed by atoms with Crippen LogP contribution in [0, 0.1) is 11.3 Å². The minimum absolute atomic E-state index is 0.251. The smallest absolute Gasteiger partial charge is 0.144 e. The normalized spacial score (nSPS) is 14.8. The molecule has 0 aromatic carbocycles. The summed E-state index contributed by atoms with van der Waals surface area (Å²) in [4.78, 5) is 0. The number of aliphatic hydroxyl groups is 1. The van der Waals surface area contributed by atoms with Gasteiger partial charge in [-0.15, -0.1) is 0 Å². The number of hydrogen-bond donors (Lipinski definition) is 4. The van der Waals surface area contributed by atoms with E-state index in [4.69, 9.17) is 10.9 Å². The molecule has 0 spiro atoms. The van der Waals surface area contributed by atoms with Gasteiger partial charge in [-0.05, 0) is 25.3 Å². The number of hydrogen-bond acceptors (Lipinski definition) is 4. The molecule has 1 atom stereocenters. The maximum Gasteiger partial charge on any atom is 0.144 e. The lowest BCUT2D eigenvalue weighted by atomic mass is 9.86. The fraction of sp³-hybridized carbons (Fsp3) is 0.933. The molecule has 0 fully saturated rings. The van der Waals surface area contributed by atoms with Crippen LogP contribution in [0.5, 0.6) is 0 Å². The van der Waals surface area contributed by atoms with E-state index in [1.807, 2.05) is 13.8 Å². The van der Waals surface area contributed by atoms with E-state index in [1.165, 1.54) is 0 Å². The van der Waals surface area contributed by atoms with Crippen molar-refractivity contribution in [3.05, 3.63) is 0 Å². The lowest BCUT2D eigenvalue weighted by Gasteiger charge is -2.23. The topological polar surface area (TPSA) is 90.9 Å². The van der Waals surface area contributed by atoms with Crippen molar-refractivity contribution in [3.63, 3.8) is 0 Å². The Labute approximate surface area is 123 Å². The standard InChI is InChI=1S/C15H33N3O2/c1-5-12(6-2)13(19)11-17-10-8-7-9-15(3,4)14(16)18-20/h12-13,17,19-20H,5-11H2,1-4H3,(H2,16,18). The highest BCUT2D eigenvalue weighted by Gasteiger charge is 2.22. The zero-order valence-electron chi connectivity index (χ0n) is 13.5. The first kappa shape index (κ1) is 19.2. The number of amidine groups is 1. The van der Waals surface area contributed by atoms with Crippen molar-refractivity contribution >= 4 is 5.84 Å². The van der Waals surface area contributed by atoms with Crippen LogP contribution >= 0.6 is 0 Å². The van der Waals surface area contributed by atoms with Crippen LogP contribution in [0.15, 0.2) is 5.16 Å². The van der Waals surface area contributed by atoms with Crippen molar-refractivity contribution in [1.29, 1.82) is 0 Å². The minimum atomic E-state index is -0.260. The summed E-state index contributed by atoms with van der Waals surface area (Å²) in [6, 6.07) is 0. The molecule has 0 saturated carbocycles. The van der Waals surface area contributed by atoms with Gasteiger partial charge in [-0.1, -0.05) is 52.1 Å². The Balaban J connectivity index is 3.73. The molecule has 0 rings (SSSR count). The number of aliphatic hydroxyl groups excluding tert-OH is 1. The second-order valence-electron chi connectivity index (χ2n) is 6.17. The molecule has 120 valence electrons. The van der Waals surface area contributed by atoms with Gasteiger partial charge in [0, 0.05) is 12.0 Å². The fourth-order valence-corrected chi connectivity index (χ4v) is 2.33. The second-order valence-corrected chi connectivity index (χ2v) is 6.17. The van der Waals surface area contributed by atoms with Gasteiger partial charge in [-0.25, -0.2) is 0 Å². The summed E-state index contributed by atoms with van der Waals surface area (Å²) in [6.45, 7) is 9.75. The Kier molecular flexibility index (Phi) is 9.59. The van der Waals surface area contributed by atoms with Crippen molar-refractivity contribution in [1.82, 2.24) is 5.32 Å². The number of nitrogens with one attached hydrogen (secondary N) is 1. The maximum atomic E-state index is 9.98. The highest BCUT2D eigenvalue weighted by Crippen LogP contribution is 2.23. The highest BCUT2D eigenvalue weighted by molar-refractivity contribution is 5.85. The van der Waals surface area contributed by atoms with Crippen molar-refractivity contribution < 1.29 is 10.3 Å². The Morgan fingerprint density at radius 3 is 2.35 bits per heavy atom. The molecule has 0 amide bonds. The molecule has 1 unspecified atom stereocenters. The van der Waals surface area contributed by atoms with Crippen LogP contribution < -0.4 is 11.1 Å². The first-order valence-corrected chi connectivity index (χ1v) is 7.75. The highest BCUT2D eigenvalue weighted by atomic mass is 16.4. The van der Waals surface area contributed by atoms with E-state index in [2.05, 4.69) is 24.3 Å². The van der Waals surface area contributed by atoms with E-state index in [0.29, 0.717) is 12.5 Å². The summed E-state index contributed by atoms with van der Waals surface area (Å²) >= 11 is 0. The van der Waals surface area contributed by atoms with Gasteiger partial charge in [0.2, 0.25) is 0 Å². The van der Waals surface area contributed by atoms with Gasteiger partial charge in [0.15, 0.2) is 0 Å². The van der Waals surface area contributed by atoms with Gasteiger partial charge in [-0.2, -0.15) is 0 Å². The molecule has 0 aliphatic carbocycles. The molecule has 5 nitrogen and oxygen atoms in total. The number of unbranched alkanes of at least 4 members (excludes halogenated alkanes) is 1. The van der Waals surface area contributed by atoms with Gasteiger partial charge in [-0.3, -0.25) is 0 Å². The fourth-order valence-electron chi connectivity index (χ4n) is 2.33. The number of rotatable bonds is 11. The van der Waals surface area contributed by atoms with Gasteiger partial charge in [0.25, 0.3) is 0 Å². The number of nitrogens with two attached hydrogens (primary N) is 1. The van der Waals surface area contributed by atoms with Crippen LogP contribution in [0.4, 0.5) is 0 Å². The molecule has 0 bridgehead atoms. The Hall–Kier alpha value is -0.810. The van der Waals surface area contributed by atoms with Crippen molar-refractivity contribution in [2.75, 3.05) is 13.1 Å². The molecule has 5 heteroatoms. The van der Waals surface area contributed by atoms with Crippen LogP contribution in [0.2, 0.25) is 0 Å². The van der Waals surface area contributed by atoms with Gasteiger partial charge in [0.05, 0.1) is 6.10 Å². The van der Waals surface area contributed by atoms with E-state index in [0.717, 1.165) is 38.6 Å². The average Bonchev–Trinajstić information content (AvgIpc) is 2.42.